The minimum absolute atomic E-state index is 0.214. The van der Waals surface area contributed by atoms with E-state index in [1.165, 1.54) is 11.1 Å². The van der Waals surface area contributed by atoms with Gasteiger partial charge in [0.2, 0.25) is 10.0 Å². The summed E-state index contributed by atoms with van der Waals surface area (Å²) in [5.41, 5.74) is 2.95. The van der Waals surface area contributed by atoms with Gasteiger partial charge in [-0.05, 0) is 30.2 Å². The second-order valence-corrected chi connectivity index (χ2v) is 9.06. The number of hydrogen-bond acceptors (Lipinski definition) is 3. The van der Waals surface area contributed by atoms with E-state index >= 15 is 0 Å². The van der Waals surface area contributed by atoms with Crippen LogP contribution in [0.3, 0.4) is 0 Å². The third kappa shape index (κ3) is 5.97. The van der Waals surface area contributed by atoms with Gasteiger partial charge in [0.05, 0.1) is 5.75 Å². The summed E-state index contributed by atoms with van der Waals surface area (Å²) in [6, 6.07) is 13.2. The molecule has 0 bridgehead atoms. The Bertz CT molecular complexity index is 775. The number of nitrogens with one attached hydrogen (secondary N) is 1. The highest BCUT2D eigenvalue weighted by molar-refractivity contribution is 7.98. The summed E-state index contributed by atoms with van der Waals surface area (Å²) in [5.74, 6) is 1.35. The van der Waals surface area contributed by atoms with Crippen LogP contribution in [-0.2, 0) is 21.5 Å². The molecule has 0 aliphatic rings. The molecule has 0 amide bonds. The predicted octanol–water partition coefficient (Wildman–Crippen LogP) is 4.65. The number of sulfonamides is 1. The number of rotatable bonds is 8. The van der Waals surface area contributed by atoms with Gasteiger partial charge >= 0.3 is 0 Å². The van der Waals surface area contributed by atoms with Crippen LogP contribution in [0.1, 0.15) is 16.7 Å². The van der Waals surface area contributed by atoms with Crippen LogP contribution in [0.15, 0.2) is 42.5 Å². The summed E-state index contributed by atoms with van der Waals surface area (Å²) in [7, 11) is -3.47. The first kappa shape index (κ1) is 19.6. The van der Waals surface area contributed by atoms with E-state index in [0.717, 1.165) is 5.75 Å². The molecule has 0 saturated heterocycles. The molecule has 2 aromatic rings. The highest BCUT2D eigenvalue weighted by Gasteiger charge is 2.16. The summed E-state index contributed by atoms with van der Waals surface area (Å²) < 4.78 is 26.9. The normalized spacial score (nSPS) is 11.6. The third-order valence-corrected chi connectivity index (χ3v) is 6.51. The number of hydrogen-bond donors (Lipinski definition) is 1. The lowest BCUT2D eigenvalue weighted by molar-refractivity contribution is 0.583. The Balaban J connectivity index is 1.80. The van der Waals surface area contributed by atoms with E-state index < -0.39 is 10.0 Å². The Labute approximate surface area is 157 Å². The Hall–Kier alpha value is -0.720. The van der Waals surface area contributed by atoms with E-state index in [1.807, 2.05) is 12.1 Å². The molecular weight excluding hydrogens is 385 g/mol. The average Bonchev–Trinajstić information content (AvgIpc) is 2.52. The lowest BCUT2D eigenvalue weighted by Gasteiger charge is -2.10. The maximum atomic E-state index is 12.2. The fraction of sp³-hybridized carbons (Fsp3) is 0.294. The number of halogens is 2. The number of thioether (sulfide) groups is 1. The molecular formula is C17H19Cl2NO2S2. The highest BCUT2D eigenvalue weighted by atomic mass is 35.5. The predicted molar refractivity (Wildman–Crippen MR) is 104 cm³/mol. The van der Waals surface area contributed by atoms with Crippen LogP contribution in [-0.4, -0.2) is 20.7 Å². The first-order chi connectivity index (χ1) is 11.4. The number of benzene rings is 2. The van der Waals surface area contributed by atoms with Crippen molar-refractivity contribution in [3.8, 4) is 0 Å². The Kier molecular flexibility index (Phi) is 7.44. The number of aryl methyl sites for hydroxylation is 1. The zero-order valence-corrected chi connectivity index (χ0v) is 16.4. The third-order valence-electron chi connectivity index (χ3n) is 3.48. The molecule has 0 aliphatic carbocycles. The average molecular weight is 404 g/mol. The molecule has 130 valence electrons. The fourth-order valence-electron chi connectivity index (χ4n) is 2.13. The Morgan fingerprint density at radius 2 is 1.71 bits per heavy atom. The van der Waals surface area contributed by atoms with E-state index in [-0.39, 0.29) is 5.75 Å². The molecule has 1 N–H and O–H groups in total. The van der Waals surface area contributed by atoms with Crippen LogP contribution in [0, 0.1) is 6.92 Å². The molecule has 3 nitrogen and oxygen atoms in total. The van der Waals surface area contributed by atoms with Gasteiger partial charge in [-0.1, -0.05) is 53.5 Å². The van der Waals surface area contributed by atoms with E-state index in [9.17, 15) is 8.42 Å². The van der Waals surface area contributed by atoms with Crippen LogP contribution in [0.4, 0.5) is 0 Å². The topological polar surface area (TPSA) is 46.2 Å². The van der Waals surface area contributed by atoms with Crippen LogP contribution in [0.2, 0.25) is 10.0 Å². The molecule has 0 unspecified atom stereocenters. The molecule has 0 radical (unpaired) electrons. The van der Waals surface area contributed by atoms with Crippen molar-refractivity contribution in [2.75, 3.05) is 12.3 Å². The molecule has 24 heavy (non-hydrogen) atoms. The zero-order valence-electron chi connectivity index (χ0n) is 13.3. The maximum absolute atomic E-state index is 12.2. The van der Waals surface area contributed by atoms with Gasteiger partial charge in [0, 0.05) is 33.7 Å². The molecule has 0 fully saturated rings. The van der Waals surface area contributed by atoms with Crippen molar-refractivity contribution in [3.63, 3.8) is 0 Å². The molecule has 0 aliphatic heterocycles. The van der Waals surface area contributed by atoms with E-state index in [4.69, 9.17) is 23.2 Å². The van der Waals surface area contributed by atoms with Gasteiger partial charge in [-0.3, -0.25) is 0 Å². The monoisotopic (exact) mass is 403 g/mol. The molecule has 7 heteroatoms. The second-order valence-electron chi connectivity index (χ2n) is 5.33. The lowest BCUT2D eigenvalue weighted by Crippen LogP contribution is -2.27. The SMILES string of the molecule is Cc1ccccc1CSCCNS(=O)(=O)Cc1c(Cl)cccc1Cl. The smallest absolute Gasteiger partial charge is 0.214 e. The molecule has 0 saturated carbocycles. The standard InChI is InChI=1S/C17H19Cl2NO2S2/c1-13-5-2-3-6-14(13)11-23-10-9-20-24(21,22)12-15-16(18)7-4-8-17(15)19/h2-8,20H,9-12H2,1H3. The minimum atomic E-state index is -3.47. The van der Waals surface area contributed by atoms with Crippen molar-refractivity contribution >= 4 is 45.0 Å². The van der Waals surface area contributed by atoms with Crippen molar-refractivity contribution in [2.24, 2.45) is 0 Å². The Morgan fingerprint density at radius 3 is 2.38 bits per heavy atom. The first-order valence-corrected chi connectivity index (χ1v) is 11.0. The van der Waals surface area contributed by atoms with Crippen molar-refractivity contribution in [2.45, 2.75) is 18.4 Å². The van der Waals surface area contributed by atoms with Crippen LogP contribution < -0.4 is 4.72 Å². The zero-order chi connectivity index (χ0) is 17.6. The van der Waals surface area contributed by atoms with Crippen LogP contribution >= 0.6 is 35.0 Å². The molecule has 2 aromatic carbocycles. The maximum Gasteiger partial charge on any atom is 0.215 e. The highest BCUT2D eigenvalue weighted by Crippen LogP contribution is 2.25. The van der Waals surface area contributed by atoms with Crippen molar-refractivity contribution in [1.82, 2.24) is 4.72 Å². The minimum Gasteiger partial charge on any atom is -0.214 e. The summed E-state index contributed by atoms with van der Waals surface area (Å²) >= 11 is 13.7. The summed E-state index contributed by atoms with van der Waals surface area (Å²) in [6.45, 7) is 2.45. The van der Waals surface area contributed by atoms with Gasteiger partial charge in [-0.15, -0.1) is 0 Å². The van der Waals surface area contributed by atoms with Gasteiger partial charge < -0.3 is 0 Å². The van der Waals surface area contributed by atoms with E-state index in [1.54, 1.807) is 30.0 Å². The van der Waals surface area contributed by atoms with Crippen molar-refractivity contribution in [1.29, 1.82) is 0 Å². The lowest BCUT2D eigenvalue weighted by atomic mass is 10.1. The van der Waals surface area contributed by atoms with Crippen molar-refractivity contribution in [3.05, 3.63) is 69.2 Å². The van der Waals surface area contributed by atoms with Gasteiger partial charge in [0.1, 0.15) is 0 Å². The van der Waals surface area contributed by atoms with Gasteiger partial charge in [0.15, 0.2) is 0 Å². The van der Waals surface area contributed by atoms with Crippen LogP contribution in [0.5, 0.6) is 0 Å². The summed E-state index contributed by atoms with van der Waals surface area (Å²) in [5, 5.41) is 0.726. The molecule has 0 heterocycles. The van der Waals surface area contributed by atoms with Gasteiger partial charge in [-0.2, -0.15) is 11.8 Å². The summed E-state index contributed by atoms with van der Waals surface area (Å²) in [6.07, 6.45) is 0. The summed E-state index contributed by atoms with van der Waals surface area (Å²) in [4.78, 5) is 0. The van der Waals surface area contributed by atoms with E-state index in [2.05, 4.69) is 23.8 Å². The molecule has 0 atom stereocenters. The molecule has 0 aromatic heterocycles. The first-order valence-electron chi connectivity index (χ1n) is 7.41. The Morgan fingerprint density at radius 1 is 1.04 bits per heavy atom. The molecule has 2 rings (SSSR count). The fourth-order valence-corrected chi connectivity index (χ4v) is 5.09. The molecule has 0 spiro atoms. The largest absolute Gasteiger partial charge is 0.215 e. The van der Waals surface area contributed by atoms with Gasteiger partial charge in [-0.25, -0.2) is 13.1 Å². The van der Waals surface area contributed by atoms with Crippen molar-refractivity contribution < 1.29 is 8.42 Å². The van der Waals surface area contributed by atoms with E-state index in [0.29, 0.717) is 27.9 Å². The van der Waals surface area contributed by atoms with Gasteiger partial charge in [0.25, 0.3) is 0 Å². The quantitative estimate of drug-likeness (QED) is 0.652. The van der Waals surface area contributed by atoms with Crippen LogP contribution in [0.25, 0.3) is 0 Å². The second kappa shape index (κ2) is 9.11.